The van der Waals surface area contributed by atoms with Crippen LogP contribution in [-0.4, -0.2) is 27.7 Å². The van der Waals surface area contributed by atoms with E-state index in [2.05, 4.69) is 45.0 Å². The number of anilines is 2. The Labute approximate surface area is 211 Å². The number of carbonyl (C=O) groups excluding carboxylic acids is 1. The molecule has 0 unspecified atom stereocenters. The number of rotatable bonds is 7. The molecule has 1 saturated carbocycles. The standard InChI is InChI=1S/C27H31N5O2S/c1-5-24(33)29-21-12-11-19(15-23(21)34-4)32-26(20-14-16(2)31(17(20)3)18-9-10-18)25(30-27(32)35)22-8-6-7-13-28-22/h6-8,11-15,18,25-26H,5,9-10H2,1-4H3,(H,29,33)(H,30,35)/t25-,26-/m1/s1. The number of hydrogen-bond acceptors (Lipinski definition) is 4. The molecule has 2 N–H and O–H groups in total. The summed E-state index contributed by atoms with van der Waals surface area (Å²) in [4.78, 5) is 18.8. The van der Waals surface area contributed by atoms with Crippen LogP contribution in [0.25, 0.3) is 0 Å². The first-order chi connectivity index (χ1) is 16.9. The van der Waals surface area contributed by atoms with Gasteiger partial charge in [0.15, 0.2) is 5.11 Å². The lowest BCUT2D eigenvalue weighted by molar-refractivity contribution is -0.115. The number of pyridine rings is 1. The van der Waals surface area contributed by atoms with Crippen LogP contribution in [0.4, 0.5) is 11.4 Å². The first kappa shape index (κ1) is 23.4. The summed E-state index contributed by atoms with van der Waals surface area (Å²) in [6, 6.07) is 14.5. The van der Waals surface area contributed by atoms with Crippen LogP contribution in [-0.2, 0) is 4.79 Å². The minimum atomic E-state index is -0.109. The van der Waals surface area contributed by atoms with E-state index in [0.29, 0.717) is 29.0 Å². The number of nitrogens with one attached hydrogen (secondary N) is 2. The van der Waals surface area contributed by atoms with Crippen LogP contribution in [0.1, 0.15) is 67.0 Å². The van der Waals surface area contributed by atoms with E-state index in [4.69, 9.17) is 17.0 Å². The molecule has 8 heteroatoms. The molecule has 1 aliphatic heterocycles. The minimum Gasteiger partial charge on any atom is -0.494 e. The molecule has 35 heavy (non-hydrogen) atoms. The maximum atomic E-state index is 12.0. The van der Waals surface area contributed by atoms with E-state index in [1.807, 2.05) is 49.5 Å². The van der Waals surface area contributed by atoms with Crippen molar-refractivity contribution in [1.82, 2.24) is 14.9 Å². The largest absolute Gasteiger partial charge is 0.494 e. The lowest BCUT2D eigenvalue weighted by atomic mass is 9.96. The van der Waals surface area contributed by atoms with Gasteiger partial charge in [0.2, 0.25) is 5.91 Å². The molecule has 182 valence electrons. The summed E-state index contributed by atoms with van der Waals surface area (Å²) in [6.45, 7) is 6.22. The number of carbonyl (C=O) groups is 1. The van der Waals surface area contributed by atoms with Gasteiger partial charge in [-0.1, -0.05) is 13.0 Å². The molecule has 5 rings (SSSR count). The quantitative estimate of drug-likeness (QED) is 0.435. The Hall–Kier alpha value is -3.39. The van der Waals surface area contributed by atoms with E-state index in [9.17, 15) is 4.79 Å². The number of thiocarbonyl (C=S) groups is 1. The second-order valence-electron chi connectivity index (χ2n) is 9.21. The van der Waals surface area contributed by atoms with Gasteiger partial charge in [-0.2, -0.15) is 0 Å². The Morgan fingerprint density at radius 2 is 2.03 bits per heavy atom. The highest BCUT2D eigenvalue weighted by atomic mass is 32.1. The predicted octanol–water partition coefficient (Wildman–Crippen LogP) is 5.37. The molecule has 1 saturated heterocycles. The number of methoxy groups -OCH3 is 1. The Morgan fingerprint density at radius 3 is 2.69 bits per heavy atom. The first-order valence-corrected chi connectivity index (χ1v) is 12.5. The third-order valence-electron chi connectivity index (χ3n) is 6.91. The number of benzene rings is 1. The Morgan fingerprint density at radius 1 is 1.23 bits per heavy atom. The van der Waals surface area contributed by atoms with Crippen LogP contribution in [0.15, 0.2) is 48.7 Å². The third-order valence-corrected chi connectivity index (χ3v) is 7.23. The fraction of sp³-hybridized carbons (Fsp3) is 0.370. The lowest BCUT2D eigenvalue weighted by Crippen LogP contribution is -2.29. The predicted molar refractivity (Wildman–Crippen MR) is 142 cm³/mol. The van der Waals surface area contributed by atoms with E-state index in [-0.39, 0.29) is 18.0 Å². The van der Waals surface area contributed by atoms with Crippen LogP contribution in [0.3, 0.4) is 0 Å². The van der Waals surface area contributed by atoms with E-state index < -0.39 is 0 Å². The van der Waals surface area contributed by atoms with Crippen molar-refractivity contribution in [2.45, 2.75) is 58.2 Å². The highest BCUT2D eigenvalue weighted by Gasteiger charge is 2.43. The van der Waals surface area contributed by atoms with Crippen molar-refractivity contribution < 1.29 is 9.53 Å². The van der Waals surface area contributed by atoms with Gasteiger partial charge in [0.1, 0.15) is 5.75 Å². The number of amides is 1. The van der Waals surface area contributed by atoms with Crippen LogP contribution >= 0.6 is 12.2 Å². The van der Waals surface area contributed by atoms with Crippen LogP contribution in [0, 0.1) is 13.8 Å². The molecule has 1 aliphatic carbocycles. The number of nitrogens with zero attached hydrogens (tertiary/aromatic N) is 3. The van der Waals surface area contributed by atoms with E-state index >= 15 is 0 Å². The molecule has 1 amide bonds. The zero-order chi connectivity index (χ0) is 24.7. The van der Waals surface area contributed by atoms with Crippen LogP contribution in [0.5, 0.6) is 5.75 Å². The van der Waals surface area contributed by atoms with Gasteiger partial charge >= 0.3 is 0 Å². The second-order valence-corrected chi connectivity index (χ2v) is 9.60. The molecule has 0 bridgehead atoms. The van der Waals surface area contributed by atoms with Crippen LogP contribution < -0.4 is 20.3 Å². The average molecular weight is 490 g/mol. The van der Waals surface area contributed by atoms with Crippen molar-refractivity contribution in [1.29, 1.82) is 0 Å². The van der Waals surface area contributed by atoms with Gasteiger partial charge in [-0.05, 0) is 74.8 Å². The molecule has 7 nitrogen and oxygen atoms in total. The molecule has 3 aromatic rings. The molecule has 0 spiro atoms. The fourth-order valence-electron chi connectivity index (χ4n) is 5.12. The SMILES string of the molecule is CCC(=O)Nc1ccc(N2C(=S)N[C@H](c3ccccn3)[C@H]2c2cc(C)n(C3CC3)c2C)cc1OC. The minimum absolute atomic E-state index is 0.0602. The summed E-state index contributed by atoms with van der Waals surface area (Å²) in [7, 11) is 1.61. The molecule has 2 atom stereocenters. The molecular weight excluding hydrogens is 458 g/mol. The van der Waals surface area contributed by atoms with Gasteiger partial charge in [0, 0.05) is 41.8 Å². The number of hydrogen-bond donors (Lipinski definition) is 2. The Balaban J connectivity index is 1.61. The summed E-state index contributed by atoms with van der Waals surface area (Å²) >= 11 is 5.89. The summed E-state index contributed by atoms with van der Waals surface area (Å²) in [5.41, 5.74) is 6.26. The molecule has 1 aromatic carbocycles. The van der Waals surface area contributed by atoms with Gasteiger partial charge in [0.05, 0.1) is 30.6 Å². The number of aromatic nitrogens is 2. The third kappa shape index (κ3) is 4.27. The van der Waals surface area contributed by atoms with Gasteiger partial charge in [-0.3, -0.25) is 9.78 Å². The van der Waals surface area contributed by atoms with Crippen molar-refractivity contribution in [2.24, 2.45) is 0 Å². The number of aryl methyl sites for hydroxylation is 1. The summed E-state index contributed by atoms with van der Waals surface area (Å²) in [6.07, 6.45) is 4.68. The molecule has 2 aromatic heterocycles. The Kier molecular flexibility index (Phi) is 6.23. The molecule has 3 heterocycles. The van der Waals surface area contributed by atoms with Crippen molar-refractivity contribution in [3.63, 3.8) is 0 Å². The Bertz CT molecular complexity index is 1270. The average Bonchev–Trinajstić information content (AvgIpc) is 3.58. The summed E-state index contributed by atoms with van der Waals surface area (Å²) < 4.78 is 8.11. The van der Waals surface area contributed by atoms with E-state index in [1.54, 1.807) is 7.11 Å². The molecule has 0 radical (unpaired) electrons. The monoisotopic (exact) mass is 489 g/mol. The molecular formula is C27H31N5O2S. The van der Waals surface area contributed by atoms with Crippen LogP contribution in [0.2, 0.25) is 0 Å². The molecule has 2 aliphatic rings. The summed E-state index contributed by atoms with van der Waals surface area (Å²) in [5, 5.41) is 7.08. The maximum absolute atomic E-state index is 12.0. The van der Waals surface area contributed by atoms with E-state index in [0.717, 1.165) is 11.4 Å². The van der Waals surface area contributed by atoms with Crippen molar-refractivity contribution >= 4 is 34.6 Å². The smallest absolute Gasteiger partial charge is 0.224 e. The zero-order valence-corrected chi connectivity index (χ0v) is 21.4. The topological polar surface area (TPSA) is 71.4 Å². The van der Waals surface area contributed by atoms with Crippen molar-refractivity contribution in [2.75, 3.05) is 17.3 Å². The summed E-state index contributed by atoms with van der Waals surface area (Å²) in [5.74, 6) is 0.533. The highest BCUT2D eigenvalue weighted by molar-refractivity contribution is 7.80. The van der Waals surface area contributed by atoms with Crippen molar-refractivity contribution in [3.8, 4) is 5.75 Å². The zero-order valence-electron chi connectivity index (χ0n) is 20.5. The normalized spacial score (nSPS) is 19.5. The van der Waals surface area contributed by atoms with E-state index in [1.165, 1.54) is 29.8 Å². The number of ether oxygens (including phenoxy) is 1. The molecule has 2 fully saturated rings. The lowest BCUT2D eigenvalue weighted by Gasteiger charge is -2.29. The maximum Gasteiger partial charge on any atom is 0.224 e. The second kappa shape index (κ2) is 9.34. The first-order valence-electron chi connectivity index (χ1n) is 12.1. The fourth-order valence-corrected chi connectivity index (χ4v) is 5.46. The van der Waals surface area contributed by atoms with Gasteiger partial charge in [0.25, 0.3) is 0 Å². The van der Waals surface area contributed by atoms with Gasteiger partial charge < -0.3 is 24.8 Å². The van der Waals surface area contributed by atoms with Gasteiger partial charge in [-0.15, -0.1) is 0 Å². The van der Waals surface area contributed by atoms with Crippen molar-refractivity contribution in [3.05, 3.63) is 71.3 Å². The van der Waals surface area contributed by atoms with Gasteiger partial charge in [-0.25, -0.2) is 0 Å². The highest BCUT2D eigenvalue weighted by Crippen LogP contribution is 2.46.